The standard InChI is InChI=1S/C15H18F3NO/c1-8-5-9(2)14-13(6-8)20-12-4-3-10(15(16,17)18)7-11(12)19-14/h3-4,7-9,13-14,19H,5-6H2,1-2H3. The van der Waals surface area contributed by atoms with Gasteiger partial charge in [0.2, 0.25) is 0 Å². The molecular weight excluding hydrogens is 267 g/mol. The Labute approximate surface area is 116 Å². The number of hydrogen-bond donors (Lipinski definition) is 1. The third kappa shape index (κ3) is 2.34. The Hall–Kier alpha value is -1.39. The van der Waals surface area contributed by atoms with Crippen molar-refractivity contribution >= 4 is 5.69 Å². The highest BCUT2D eigenvalue weighted by Crippen LogP contribution is 2.42. The topological polar surface area (TPSA) is 21.3 Å². The third-order valence-corrected chi connectivity index (χ3v) is 4.33. The zero-order valence-corrected chi connectivity index (χ0v) is 11.5. The average molecular weight is 285 g/mol. The molecule has 1 saturated carbocycles. The van der Waals surface area contributed by atoms with Crippen LogP contribution in [0, 0.1) is 11.8 Å². The van der Waals surface area contributed by atoms with Crippen molar-refractivity contribution in [1.82, 2.24) is 0 Å². The minimum atomic E-state index is -4.32. The number of anilines is 1. The molecule has 1 aromatic rings. The van der Waals surface area contributed by atoms with Gasteiger partial charge in [0.05, 0.1) is 17.3 Å². The lowest BCUT2D eigenvalue weighted by molar-refractivity contribution is -0.137. The molecule has 4 unspecified atom stereocenters. The maximum absolute atomic E-state index is 12.8. The number of halogens is 3. The zero-order chi connectivity index (χ0) is 14.5. The Balaban J connectivity index is 1.91. The fourth-order valence-corrected chi connectivity index (χ4v) is 3.41. The first-order valence-corrected chi connectivity index (χ1v) is 6.99. The van der Waals surface area contributed by atoms with Crippen LogP contribution in [0.15, 0.2) is 18.2 Å². The van der Waals surface area contributed by atoms with E-state index in [1.165, 1.54) is 6.07 Å². The van der Waals surface area contributed by atoms with Crippen LogP contribution in [0.1, 0.15) is 32.3 Å². The maximum Gasteiger partial charge on any atom is 0.416 e. The molecule has 0 bridgehead atoms. The van der Waals surface area contributed by atoms with E-state index in [0.717, 1.165) is 25.0 Å². The summed E-state index contributed by atoms with van der Waals surface area (Å²) in [6.07, 6.45) is -2.24. The van der Waals surface area contributed by atoms with E-state index in [9.17, 15) is 13.2 Å². The molecule has 5 heteroatoms. The van der Waals surface area contributed by atoms with Gasteiger partial charge in [0, 0.05) is 0 Å². The lowest BCUT2D eigenvalue weighted by atomic mass is 9.77. The van der Waals surface area contributed by atoms with Gasteiger partial charge in [-0.2, -0.15) is 13.2 Å². The molecule has 0 aromatic heterocycles. The molecule has 2 aliphatic rings. The number of alkyl halides is 3. The minimum Gasteiger partial charge on any atom is -0.486 e. The van der Waals surface area contributed by atoms with E-state index in [-0.39, 0.29) is 12.1 Å². The molecule has 2 nitrogen and oxygen atoms in total. The Morgan fingerprint density at radius 3 is 2.65 bits per heavy atom. The molecule has 20 heavy (non-hydrogen) atoms. The van der Waals surface area contributed by atoms with Crippen LogP contribution in [-0.4, -0.2) is 12.1 Å². The van der Waals surface area contributed by atoms with Crippen LogP contribution >= 0.6 is 0 Å². The molecule has 0 radical (unpaired) electrons. The summed E-state index contributed by atoms with van der Waals surface area (Å²) < 4.78 is 44.2. The van der Waals surface area contributed by atoms with Crippen LogP contribution in [0.25, 0.3) is 0 Å². The van der Waals surface area contributed by atoms with Gasteiger partial charge < -0.3 is 10.1 Å². The summed E-state index contributed by atoms with van der Waals surface area (Å²) in [5.41, 5.74) is -0.176. The number of ether oxygens (including phenoxy) is 1. The van der Waals surface area contributed by atoms with Gasteiger partial charge in [-0.25, -0.2) is 0 Å². The molecule has 3 rings (SSSR count). The lowest BCUT2D eigenvalue weighted by Crippen LogP contribution is -2.49. The van der Waals surface area contributed by atoms with Crippen molar-refractivity contribution in [3.8, 4) is 5.75 Å². The van der Waals surface area contributed by atoms with E-state index in [4.69, 9.17) is 4.74 Å². The quantitative estimate of drug-likeness (QED) is 0.766. The SMILES string of the molecule is CC1CC(C)C2Nc3cc(C(F)(F)F)ccc3OC2C1. The fourth-order valence-electron chi connectivity index (χ4n) is 3.41. The molecule has 1 aliphatic carbocycles. The molecule has 0 spiro atoms. The third-order valence-electron chi connectivity index (χ3n) is 4.33. The van der Waals surface area contributed by atoms with Crippen LogP contribution in [0.3, 0.4) is 0 Å². The Morgan fingerprint density at radius 1 is 1.20 bits per heavy atom. The van der Waals surface area contributed by atoms with E-state index in [2.05, 4.69) is 19.2 Å². The smallest absolute Gasteiger partial charge is 0.416 e. The summed E-state index contributed by atoms with van der Waals surface area (Å²) in [4.78, 5) is 0. The van der Waals surface area contributed by atoms with Gasteiger partial charge in [0.1, 0.15) is 11.9 Å². The summed E-state index contributed by atoms with van der Waals surface area (Å²) in [7, 11) is 0. The summed E-state index contributed by atoms with van der Waals surface area (Å²) in [6, 6.07) is 3.75. The first-order valence-electron chi connectivity index (χ1n) is 6.99. The number of fused-ring (bicyclic) bond motifs is 2. The van der Waals surface area contributed by atoms with Gasteiger partial charge in [0.15, 0.2) is 0 Å². The highest BCUT2D eigenvalue weighted by Gasteiger charge is 2.40. The van der Waals surface area contributed by atoms with E-state index in [0.29, 0.717) is 23.3 Å². The molecule has 1 aromatic carbocycles. The summed E-state index contributed by atoms with van der Waals surface area (Å²) in [6.45, 7) is 4.32. The summed E-state index contributed by atoms with van der Waals surface area (Å²) in [5.74, 6) is 1.51. The summed E-state index contributed by atoms with van der Waals surface area (Å²) in [5, 5.41) is 3.26. The molecule has 1 fully saturated rings. The molecule has 1 N–H and O–H groups in total. The van der Waals surface area contributed by atoms with Crippen molar-refractivity contribution in [3.05, 3.63) is 23.8 Å². The number of benzene rings is 1. The molecule has 1 heterocycles. The van der Waals surface area contributed by atoms with E-state index in [1.807, 2.05) is 0 Å². The molecule has 110 valence electrons. The summed E-state index contributed by atoms with van der Waals surface area (Å²) >= 11 is 0. The highest BCUT2D eigenvalue weighted by atomic mass is 19.4. The molecule has 0 saturated heterocycles. The number of nitrogens with one attached hydrogen (secondary N) is 1. The maximum atomic E-state index is 12.8. The van der Waals surface area contributed by atoms with Crippen LogP contribution in [0.2, 0.25) is 0 Å². The predicted octanol–water partition coefficient (Wildman–Crippen LogP) is 4.31. The second kappa shape index (κ2) is 4.57. The monoisotopic (exact) mass is 285 g/mol. The molecule has 1 aliphatic heterocycles. The van der Waals surface area contributed by atoms with Gasteiger partial charge in [-0.1, -0.05) is 13.8 Å². The van der Waals surface area contributed by atoms with Crippen LogP contribution < -0.4 is 10.1 Å². The van der Waals surface area contributed by atoms with Crippen molar-refractivity contribution in [1.29, 1.82) is 0 Å². The van der Waals surface area contributed by atoms with Crippen molar-refractivity contribution in [2.24, 2.45) is 11.8 Å². The van der Waals surface area contributed by atoms with Crippen molar-refractivity contribution in [2.75, 3.05) is 5.32 Å². The first-order chi connectivity index (χ1) is 9.34. The normalized spacial score (nSPS) is 32.6. The van der Waals surface area contributed by atoms with Crippen LogP contribution in [0.5, 0.6) is 5.75 Å². The average Bonchev–Trinajstić information content (AvgIpc) is 2.35. The minimum absolute atomic E-state index is 0.0537. The van der Waals surface area contributed by atoms with Gasteiger partial charge in [-0.05, 0) is 42.9 Å². The second-order valence-corrected chi connectivity index (χ2v) is 6.09. The Morgan fingerprint density at radius 2 is 1.95 bits per heavy atom. The zero-order valence-electron chi connectivity index (χ0n) is 11.5. The van der Waals surface area contributed by atoms with E-state index >= 15 is 0 Å². The first kappa shape index (κ1) is 13.6. The van der Waals surface area contributed by atoms with Gasteiger partial charge in [-0.15, -0.1) is 0 Å². The molecule has 0 amide bonds. The number of rotatable bonds is 0. The van der Waals surface area contributed by atoms with Crippen LogP contribution in [-0.2, 0) is 6.18 Å². The van der Waals surface area contributed by atoms with E-state index in [1.54, 1.807) is 0 Å². The fraction of sp³-hybridized carbons (Fsp3) is 0.600. The van der Waals surface area contributed by atoms with Gasteiger partial charge >= 0.3 is 6.18 Å². The predicted molar refractivity (Wildman–Crippen MR) is 70.8 cm³/mol. The Bertz CT molecular complexity index is 514. The molecular formula is C15H18F3NO. The van der Waals surface area contributed by atoms with Crippen molar-refractivity contribution < 1.29 is 17.9 Å². The lowest BCUT2D eigenvalue weighted by Gasteiger charge is -2.44. The van der Waals surface area contributed by atoms with Crippen molar-refractivity contribution in [2.45, 2.75) is 45.0 Å². The molecule has 4 atom stereocenters. The Kier molecular flexibility index (Phi) is 3.10. The highest BCUT2D eigenvalue weighted by molar-refractivity contribution is 5.61. The number of hydrogen-bond acceptors (Lipinski definition) is 2. The largest absolute Gasteiger partial charge is 0.486 e. The second-order valence-electron chi connectivity index (χ2n) is 6.09. The van der Waals surface area contributed by atoms with Gasteiger partial charge in [0.25, 0.3) is 0 Å². The van der Waals surface area contributed by atoms with Crippen LogP contribution in [0.4, 0.5) is 18.9 Å². The van der Waals surface area contributed by atoms with Gasteiger partial charge in [-0.3, -0.25) is 0 Å². The van der Waals surface area contributed by atoms with Crippen molar-refractivity contribution in [3.63, 3.8) is 0 Å². The van der Waals surface area contributed by atoms with E-state index < -0.39 is 11.7 Å².